The minimum Gasteiger partial charge on any atom is -0.495 e. The zero-order valence-electron chi connectivity index (χ0n) is 9.72. The lowest BCUT2D eigenvalue weighted by atomic mass is 10.2. The highest BCUT2D eigenvalue weighted by atomic mass is 35.5. The van der Waals surface area contributed by atoms with Gasteiger partial charge in [0.2, 0.25) is 0 Å². The number of hydrogen-bond donors (Lipinski definition) is 1. The average Bonchev–Trinajstić information content (AvgIpc) is 2.78. The van der Waals surface area contributed by atoms with Crippen molar-refractivity contribution in [1.82, 2.24) is 9.55 Å². The minimum atomic E-state index is -0.0841. The lowest BCUT2D eigenvalue weighted by Gasteiger charge is -2.12. The van der Waals surface area contributed by atoms with E-state index in [1.165, 1.54) is 0 Å². The number of nitrogens with zero attached hydrogens (tertiary/aromatic N) is 2. The van der Waals surface area contributed by atoms with Crippen molar-refractivity contribution < 1.29 is 4.74 Å². The summed E-state index contributed by atoms with van der Waals surface area (Å²) in [4.78, 5) is 4.11. The smallest absolute Gasteiger partial charge is 0.139 e. The third kappa shape index (κ3) is 2.28. The fourth-order valence-corrected chi connectivity index (χ4v) is 1.85. The number of benzene rings is 1. The molecular formula is C12H14ClN3O. The molecule has 5 heteroatoms. The third-order valence-corrected chi connectivity index (χ3v) is 2.86. The molecule has 0 aliphatic heterocycles. The summed E-state index contributed by atoms with van der Waals surface area (Å²) in [6.07, 6.45) is 3.48. The van der Waals surface area contributed by atoms with E-state index in [0.29, 0.717) is 10.8 Å². The first-order valence-electron chi connectivity index (χ1n) is 5.25. The summed E-state index contributed by atoms with van der Waals surface area (Å²) in [5.74, 6) is 0.633. The number of ether oxygens (including phenoxy) is 1. The lowest BCUT2D eigenvalue weighted by molar-refractivity contribution is 0.415. The van der Waals surface area contributed by atoms with E-state index in [-0.39, 0.29) is 6.04 Å². The van der Waals surface area contributed by atoms with Gasteiger partial charge in [0.25, 0.3) is 0 Å². The largest absolute Gasteiger partial charge is 0.495 e. The second kappa shape index (κ2) is 4.77. The molecule has 2 rings (SSSR count). The summed E-state index contributed by atoms with van der Waals surface area (Å²) in [5.41, 5.74) is 7.74. The molecule has 0 unspecified atom stereocenters. The Kier molecular flexibility index (Phi) is 3.36. The highest BCUT2D eigenvalue weighted by molar-refractivity contribution is 6.32. The summed E-state index contributed by atoms with van der Waals surface area (Å²) < 4.78 is 7.11. The van der Waals surface area contributed by atoms with Gasteiger partial charge in [0.1, 0.15) is 5.75 Å². The van der Waals surface area contributed by atoms with Gasteiger partial charge in [-0.2, -0.15) is 0 Å². The summed E-state index contributed by atoms with van der Waals surface area (Å²) in [7, 11) is 1.59. The fourth-order valence-electron chi connectivity index (χ4n) is 1.66. The molecule has 0 fully saturated rings. The van der Waals surface area contributed by atoms with E-state index in [1.54, 1.807) is 25.7 Å². The number of nitrogens with two attached hydrogens (primary N) is 1. The minimum absolute atomic E-state index is 0.0841. The first kappa shape index (κ1) is 12.0. The number of methoxy groups -OCH3 is 1. The van der Waals surface area contributed by atoms with Gasteiger partial charge in [0.15, 0.2) is 0 Å². The van der Waals surface area contributed by atoms with Crippen LogP contribution in [0.2, 0.25) is 5.02 Å². The second-order valence-corrected chi connectivity index (χ2v) is 4.20. The normalized spacial score (nSPS) is 12.5. The van der Waals surface area contributed by atoms with Gasteiger partial charge in [-0.15, -0.1) is 0 Å². The summed E-state index contributed by atoms with van der Waals surface area (Å²) >= 11 is 5.99. The summed E-state index contributed by atoms with van der Waals surface area (Å²) in [6.45, 7) is 1.92. The van der Waals surface area contributed by atoms with Crippen molar-refractivity contribution in [1.29, 1.82) is 0 Å². The topological polar surface area (TPSA) is 53.1 Å². The quantitative estimate of drug-likeness (QED) is 0.912. The molecule has 0 amide bonds. The molecular weight excluding hydrogens is 238 g/mol. The highest BCUT2D eigenvalue weighted by Crippen LogP contribution is 2.27. The van der Waals surface area contributed by atoms with Crippen molar-refractivity contribution in [3.05, 3.63) is 41.4 Å². The first-order valence-corrected chi connectivity index (χ1v) is 5.63. The van der Waals surface area contributed by atoms with Crippen LogP contribution in [-0.2, 0) is 0 Å². The molecule has 0 saturated heterocycles. The van der Waals surface area contributed by atoms with Crippen LogP contribution in [0.4, 0.5) is 0 Å². The molecule has 1 heterocycles. The number of hydrogen-bond acceptors (Lipinski definition) is 3. The molecule has 4 nitrogen and oxygen atoms in total. The van der Waals surface area contributed by atoms with Crippen molar-refractivity contribution in [2.75, 3.05) is 7.11 Å². The molecule has 0 spiro atoms. The molecule has 2 N–H and O–H groups in total. The van der Waals surface area contributed by atoms with E-state index in [0.717, 1.165) is 11.4 Å². The van der Waals surface area contributed by atoms with Crippen LogP contribution in [0.15, 0.2) is 30.7 Å². The molecule has 0 radical (unpaired) electrons. The summed E-state index contributed by atoms with van der Waals surface area (Å²) in [6, 6.07) is 5.47. The Morgan fingerprint density at radius 3 is 2.88 bits per heavy atom. The SMILES string of the molecule is COc1cc(-n2cncc2[C@@H](C)N)ccc1Cl. The molecule has 90 valence electrons. The number of imidazole rings is 1. The van der Waals surface area contributed by atoms with Gasteiger partial charge in [-0.05, 0) is 19.1 Å². The van der Waals surface area contributed by atoms with Gasteiger partial charge < -0.3 is 15.0 Å². The van der Waals surface area contributed by atoms with Crippen molar-refractivity contribution >= 4 is 11.6 Å². The highest BCUT2D eigenvalue weighted by Gasteiger charge is 2.10. The van der Waals surface area contributed by atoms with Crippen molar-refractivity contribution in [3.63, 3.8) is 0 Å². The van der Waals surface area contributed by atoms with E-state index >= 15 is 0 Å². The standard InChI is InChI=1S/C12H14ClN3O/c1-8(14)11-6-15-7-16(11)9-3-4-10(13)12(5-9)17-2/h3-8H,14H2,1-2H3/t8-/m1/s1. The Bertz CT molecular complexity index is 522. The van der Waals surface area contributed by atoms with Crippen LogP contribution in [0.5, 0.6) is 5.75 Å². The number of rotatable bonds is 3. The molecule has 1 aromatic carbocycles. The van der Waals surface area contributed by atoms with E-state index < -0.39 is 0 Å². The summed E-state index contributed by atoms with van der Waals surface area (Å²) in [5, 5.41) is 0.582. The zero-order chi connectivity index (χ0) is 12.4. The van der Waals surface area contributed by atoms with Gasteiger partial charge in [0.05, 0.1) is 36.0 Å². The molecule has 1 atom stereocenters. The lowest BCUT2D eigenvalue weighted by Crippen LogP contribution is -2.10. The molecule has 2 aromatic rings. The predicted molar refractivity (Wildman–Crippen MR) is 67.7 cm³/mol. The van der Waals surface area contributed by atoms with Crippen LogP contribution >= 0.6 is 11.6 Å². The Balaban J connectivity index is 2.49. The first-order chi connectivity index (χ1) is 8.13. The van der Waals surface area contributed by atoms with Crippen LogP contribution in [-0.4, -0.2) is 16.7 Å². The molecule has 17 heavy (non-hydrogen) atoms. The van der Waals surface area contributed by atoms with Crippen LogP contribution in [0.25, 0.3) is 5.69 Å². The van der Waals surface area contributed by atoms with Crippen LogP contribution in [0.1, 0.15) is 18.7 Å². The molecule has 0 saturated carbocycles. The molecule has 0 aliphatic carbocycles. The van der Waals surface area contributed by atoms with Gasteiger partial charge in [-0.1, -0.05) is 11.6 Å². The Labute approximate surface area is 105 Å². The molecule has 1 aromatic heterocycles. The predicted octanol–water partition coefficient (Wildman–Crippen LogP) is 2.55. The fraction of sp³-hybridized carbons (Fsp3) is 0.250. The Morgan fingerprint density at radius 1 is 1.47 bits per heavy atom. The maximum atomic E-state index is 5.99. The van der Waals surface area contributed by atoms with Gasteiger partial charge in [0, 0.05) is 12.1 Å². The number of aromatic nitrogens is 2. The van der Waals surface area contributed by atoms with Crippen LogP contribution in [0, 0.1) is 0 Å². The average molecular weight is 252 g/mol. The second-order valence-electron chi connectivity index (χ2n) is 3.80. The van der Waals surface area contributed by atoms with Gasteiger partial charge in [-0.3, -0.25) is 0 Å². The van der Waals surface area contributed by atoms with Crippen molar-refractivity contribution in [2.24, 2.45) is 5.73 Å². The van der Waals surface area contributed by atoms with Gasteiger partial charge in [-0.25, -0.2) is 4.98 Å². The maximum absolute atomic E-state index is 5.99. The Morgan fingerprint density at radius 2 is 2.24 bits per heavy atom. The van der Waals surface area contributed by atoms with E-state index in [1.807, 2.05) is 23.6 Å². The molecule has 0 bridgehead atoms. The van der Waals surface area contributed by atoms with E-state index in [9.17, 15) is 0 Å². The van der Waals surface area contributed by atoms with Crippen molar-refractivity contribution in [2.45, 2.75) is 13.0 Å². The van der Waals surface area contributed by atoms with Crippen molar-refractivity contribution in [3.8, 4) is 11.4 Å². The van der Waals surface area contributed by atoms with E-state index in [4.69, 9.17) is 22.1 Å². The molecule has 0 aliphatic rings. The third-order valence-electron chi connectivity index (χ3n) is 2.55. The van der Waals surface area contributed by atoms with Crippen LogP contribution in [0.3, 0.4) is 0 Å². The van der Waals surface area contributed by atoms with E-state index in [2.05, 4.69) is 4.98 Å². The van der Waals surface area contributed by atoms with Crippen LogP contribution < -0.4 is 10.5 Å². The number of halogens is 1. The maximum Gasteiger partial charge on any atom is 0.139 e. The van der Waals surface area contributed by atoms with Gasteiger partial charge >= 0.3 is 0 Å². The monoisotopic (exact) mass is 251 g/mol. The Hall–Kier alpha value is -1.52. The zero-order valence-corrected chi connectivity index (χ0v) is 10.5.